The average molecular weight is 489 g/mol. The molecule has 186 valence electrons. The molecule has 1 N–H and O–H groups in total. The van der Waals surface area contributed by atoms with Crippen LogP contribution in [0, 0.1) is 29.6 Å². The van der Waals surface area contributed by atoms with Crippen molar-refractivity contribution < 1.29 is 23.1 Å². The standard InChI is InChI=1S/C26H36N2O5S/c1-18-15-28(19(2)17-29)34(31,32)25-13-10-21(9-8-20-6-4-5-7-20)14-23(25)33-24(18)16-27(3)26(30)22-11-12-22/h10,13-14,18-20,22,24,29H,4-7,11-12,15-17H2,1-3H3/t18-,19+,24-/m0/s1. The normalized spacial score (nSPS) is 25.8. The summed E-state index contributed by atoms with van der Waals surface area (Å²) >= 11 is 0. The van der Waals surface area contributed by atoms with Crippen LogP contribution in [0.3, 0.4) is 0 Å². The zero-order valence-electron chi connectivity index (χ0n) is 20.4. The van der Waals surface area contributed by atoms with E-state index in [9.17, 15) is 18.3 Å². The Kier molecular flexibility index (Phi) is 7.56. The van der Waals surface area contributed by atoms with Gasteiger partial charge in [0, 0.05) is 43.0 Å². The maximum atomic E-state index is 13.6. The van der Waals surface area contributed by atoms with Gasteiger partial charge in [-0.1, -0.05) is 31.6 Å². The van der Waals surface area contributed by atoms with Crippen LogP contribution < -0.4 is 4.74 Å². The fourth-order valence-electron chi connectivity index (χ4n) is 4.78. The molecule has 3 aliphatic rings. The highest BCUT2D eigenvalue weighted by Gasteiger charge is 2.39. The molecule has 0 radical (unpaired) electrons. The Balaban J connectivity index is 1.69. The van der Waals surface area contributed by atoms with E-state index in [1.165, 1.54) is 17.1 Å². The lowest BCUT2D eigenvalue weighted by molar-refractivity contribution is -0.132. The van der Waals surface area contributed by atoms with Crippen molar-refractivity contribution in [3.8, 4) is 17.6 Å². The van der Waals surface area contributed by atoms with Gasteiger partial charge in [-0.3, -0.25) is 4.79 Å². The van der Waals surface area contributed by atoms with Gasteiger partial charge < -0.3 is 14.7 Å². The number of carbonyl (C=O) groups excluding carboxylic acids is 1. The van der Waals surface area contributed by atoms with Crippen molar-refractivity contribution in [2.75, 3.05) is 26.7 Å². The van der Waals surface area contributed by atoms with Crippen molar-refractivity contribution in [3.05, 3.63) is 23.8 Å². The van der Waals surface area contributed by atoms with Gasteiger partial charge in [0.05, 0.1) is 13.2 Å². The topological polar surface area (TPSA) is 87.2 Å². The summed E-state index contributed by atoms with van der Waals surface area (Å²) in [5.74, 6) is 7.21. The summed E-state index contributed by atoms with van der Waals surface area (Å²) in [7, 11) is -2.10. The highest BCUT2D eigenvalue weighted by molar-refractivity contribution is 7.89. The highest BCUT2D eigenvalue weighted by Crippen LogP contribution is 2.35. The number of hydrogen-bond donors (Lipinski definition) is 1. The minimum absolute atomic E-state index is 0.0762. The number of aliphatic hydroxyl groups is 1. The van der Waals surface area contributed by atoms with Crippen molar-refractivity contribution in [3.63, 3.8) is 0 Å². The number of likely N-dealkylation sites (N-methyl/N-ethyl adjacent to an activating group) is 1. The molecule has 0 unspecified atom stereocenters. The van der Waals surface area contributed by atoms with Gasteiger partial charge in [0.15, 0.2) is 0 Å². The van der Waals surface area contributed by atoms with Gasteiger partial charge in [-0.05, 0) is 50.8 Å². The number of rotatable bonds is 5. The molecule has 2 fully saturated rings. The first kappa shape index (κ1) is 25.0. The number of carbonyl (C=O) groups is 1. The average Bonchev–Trinajstić information content (AvgIpc) is 3.53. The summed E-state index contributed by atoms with van der Waals surface area (Å²) in [6.07, 6.45) is 6.09. The largest absolute Gasteiger partial charge is 0.487 e. The maximum absolute atomic E-state index is 13.6. The molecule has 0 spiro atoms. The molecule has 0 saturated heterocycles. The van der Waals surface area contributed by atoms with E-state index in [-0.39, 0.29) is 41.5 Å². The Morgan fingerprint density at radius 1 is 1.26 bits per heavy atom. The van der Waals surface area contributed by atoms with Gasteiger partial charge in [0.2, 0.25) is 15.9 Å². The first-order valence-corrected chi connectivity index (χ1v) is 13.8. The van der Waals surface area contributed by atoms with E-state index in [1.54, 1.807) is 37.1 Å². The van der Waals surface area contributed by atoms with E-state index in [0.29, 0.717) is 12.5 Å². The monoisotopic (exact) mass is 488 g/mol. The third kappa shape index (κ3) is 5.42. The lowest BCUT2D eigenvalue weighted by Crippen LogP contribution is -2.50. The third-order valence-corrected chi connectivity index (χ3v) is 9.22. The van der Waals surface area contributed by atoms with E-state index in [2.05, 4.69) is 11.8 Å². The minimum Gasteiger partial charge on any atom is -0.487 e. The number of ether oxygens (including phenoxy) is 1. The molecule has 1 amide bonds. The molecule has 0 aromatic heterocycles. The van der Waals surface area contributed by atoms with Crippen LogP contribution in [-0.4, -0.2) is 67.5 Å². The number of aliphatic hydroxyl groups excluding tert-OH is 1. The summed E-state index contributed by atoms with van der Waals surface area (Å²) in [6.45, 7) is 3.92. The summed E-state index contributed by atoms with van der Waals surface area (Å²) in [5.41, 5.74) is 0.719. The van der Waals surface area contributed by atoms with Crippen LogP contribution >= 0.6 is 0 Å². The van der Waals surface area contributed by atoms with Crippen LogP contribution in [0.4, 0.5) is 0 Å². The van der Waals surface area contributed by atoms with E-state index in [1.807, 2.05) is 6.92 Å². The van der Waals surface area contributed by atoms with Crippen LogP contribution in [0.15, 0.2) is 23.1 Å². The van der Waals surface area contributed by atoms with Gasteiger partial charge in [-0.2, -0.15) is 4.31 Å². The Hall–Kier alpha value is -2.08. The van der Waals surface area contributed by atoms with Crippen LogP contribution in [0.5, 0.6) is 5.75 Å². The second-order valence-corrected chi connectivity index (χ2v) is 12.0. The molecule has 0 bridgehead atoms. The zero-order valence-corrected chi connectivity index (χ0v) is 21.2. The summed E-state index contributed by atoms with van der Waals surface area (Å²) in [6, 6.07) is 4.43. The number of nitrogens with zero attached hydrogens (tertiary/aromatic N) is 2. The Bertz CT molecular complexity index is 1070. The van der Waals surface area contributed by atoms with Gasteiger partial charge >= 0.3 is 0 Å². The molecular weight excluding hydrogens is 452 g/mol. The molecule has 1 aromatic rings. The van der Waals surface area contributed by atoms with Crippen LogP contribution in [0.1, 0.15) is 57.9 Å². The summed E-state index contributed by atoms with van der Waals surface area (Å²) in [5, 5.41) is 9.78. The van der Waals surface area contributed by atoms with Gasteiger partial charge in [0.1, 0.15) is 16.7 Å². The number of fused-ring (bicyclic) bond motifs is 1. The number of hydrogen-bond acceptors (Lipinski definition) is 5. The van der Waals surface area contributed by atoms with E-state index < -0.39 is 22.2 Å². The van der Waals surface area contributed by atoms with Gasteiger partial charge in [0.25, 0.3) is 0 Å². The fourth-order valence-corrected chi connectivity index (χ4v) is 6.60. The predicted octanol–water partition coefficient (Wildman–Crippen LogP) is 2.87. The maximum Gasteiger partial charge on any atom is 0.247 e. The van der Waals surface area contributed by atoms with Crippen LogP contribution in [0.25, 0.3) is 0 Å². The Morgan fingerprint density at radius 2 is 1.97 bits per heavy atom. The molecule has 2 saturated carbocycles. The Morgan fingerprint density at radius 3 is 2.62 bits per heavy atom. The van der Waals surface area contributed by atoms with Gasteiger partial charge in [-0.25, -0.2) is 8.42 Å². The minimum atomic E-state index is -3.89. The molecule has 1 aliphatic heterocycles. The van der Waals surface area contributed by atoms with Crippen LogP contribution in [-0.2, 0) is 14.8 Å². The fraction of sp³-hybridized carbons (Fsp3) is 0.654. The van der Waals surface area contributed by atoms with Crippen LogP contribution in [0.2, 0.25) is 0 Å². The smallest absolute Gasteiger partial charge is 0.247 e. The molecule has 1 aromatic carbocycles. The highest BCUT2D eigenvalue weighted by atomic mass is 32.2. The van der Waals surface area contributed by atoms with E-state index in [0.717, 1.165) is 31.2 Å². The van der Waals surface area contributed by atoms with Crippen molar-refractivity contribution in [1.82, 2.24) is 9.21 Å². The molecule has 1 heterocycles. The first-order valence-electron chi connectivity index (χ1n) is 12.4. The summed E-state index contributed by atoms with van der Waals surface area (Å²) in [4.78, 5) is 14.4. The molecular formula is C26H36N2O5S. The Labute approximate surface area is 203 Å². The van der Waals surface area contributed by atoms with E-state index >= 15 is 0 Å². The zero-order chi connectivity index (χ0) is 24.5. The quantitative estimate of drug-likeness (QED) is 0.644. The molecule has 7 nitrogen and oxygen atoms in total. The third-order valence-electron chi connectivity index (χ3n) is 7.20. The van der Waals surface area contributed by atoms with Crippen molar-refractivity contribution in [1.29, 1.82) is 0 Å². The number of amides is 1. The molecule has 3 atom stereocenters. The van der Waals surface area contributed by atoms with E-state index in [4.69, 9.17) is 4.74 Å². The van der Waals surface area contributed by atoms with Crippen molar-refractivity contribution in [2.45, 2.75) is 69.4 Å². The van der Waals surface area contributed by atoms with Crippen molar-refractivity contribution >= 4 is 15.9 Å². The summed E-state index contributed by atoms with van der Waals surface area (Å²) < 4.78 is 34.9. The molecule has 34 heavy (non-hydrogen) atoms. The lowest BCUT2D eigenvalue weighted by Gasteiger charge is -2.37. The second-order valence-electron chi connectivity index (χ2n) is 10.1. The number of sulfonamides is 1. The van der Waals surface area contributed by atoms with Gasteiger partial charge in [-0.15, -0.1) is 0 Å². The lowest BCUT2D eigenvalue weighted by atomic mass is 10.0. The SMILES string of the molecule is C[C@H](CO)N1C[C@H](C)[C@H](CN(C)C(=O)C2CC2)Oc2cc(C#CC3CCCC3)ccc2S1(=O)=O. The van der Waals surface area contributed by atoms with Crippen molar-refractivity contribution in [2.24, 2.45) is 17.8 Å². The second kappa shape index (κ2) is 10.3. The predicted molar refractivity (Wildman–Crippen MR) is 130 cm³/mol. The first-order chi connectivity index (χ1) is 16.2. The molecule has 4 rings (SSSR count). The number of benzene rings is 1. The molecule has 2 aliphatic carbocycles. The molecule has 8 heteroatoms.